The van der Waals surface area contributed by atoms with E-state index in [1.165, 1.54) is 4.31 Å². The maximum Gasteiger partial charge on any atom is 0.245 e. The quantitative estimate of drug-likeness (QED) is 0.824. The lowest BCUT2D eigenvalue weighted by atomic mass is 10.0. The van der Waals surface area contributed by atoms with Crippen LogP contribution in [0.15, 0.2) is 48.5 Å². The molecule has 0 unspecified atom stereocenters. The number of aryl methyl sites for hydroxylation is 2. The number of amides is 1. The highest BCUT2D eigenvalue weighted by Crippen LogP contribution is 2.29. The summed E-state index contributed by atoms with van der Waals surface area (Å²) in [6.07, 6.45) is 2.51. The van der Waals surface area contributed by atoms with Crippen LogP contribution in [-0.2, 0) is 27.7 Å². The Balaban J connectivity index is 2.37. The van der Waals surface area contributed by atoms with Gasteiger partial charge in [0.25, 0.3) is 0 Å². The van der Waals surface area contributed by atoms with Gasteiger partial charge in [-0.1, -0.05) is 50.2 Å². The molecule has 2 aromatic rings. The molecule has 0 aliphatic carbocycles. The molecule has 2 rings (SSSR count). The fourth-order valence-corrected chi connectivity index (χ4v) is 3.67. The van der Waals surface area contributed by atoms with Crippen LogP contribution in [0.25, 0.3) is 0 Å². The van der Waals surface area contributed by atoms with Gasteiger partial charge in [-0.3, -0.25) is 9.10 Å². The number of nitrogens with zero attached hydrogens (tertiary/aromatic N) is 1. The van der Waals surface area contributed by atoms with E-state index in [2.05, 4.69) is 5.32 Å². The first kappa shape index (κ1) is 19.0. The predicted octanol–water partition coefficient (Wildman–Crippen LogP) is 3.22. The fraction of sp³-hybridized carbons (Fsp3) is 0.316. The lowest BCUT2D eigenvalue weighted by Crippen LogP contribution is -2.38. The zero-order chi connectivity index (χ0) is 18.4. The highest BCUT2D eigenvalue weighted by Gasteiger charge is 2.25. The van der Waals surface area contributed by atoms with Crippen LogP contribution < -0.4 is 9.62 Å². The van der Waals surface area contributed by atoms with Crippen molar-refractivity contribution in [1.82, 2.24) is 0 Å². The first-order valence-corrected chi connectivity index (χ1v) is 10.1. The fourth-order valence-electron chi connectivity index (χ4n) is 2.75. The predicted molar refractivity (Wildman–Crippen MR) is 102 cm³/mol. The van der Waals surface area contributed by atoms with Gasteiger partial charge in [-0.15, -0.1) is 0 Å². The molecular weight excluding hydrogens is 336 g/mol. The molecule has 0 aliphatic rings. The summed E-state index contributed by atoms with van der Waals surface area (Å²) in [7, 11) is -3.60. The summed E-state index contributed by atoms with van der Waals surface area (Å²) in [5.74, 6) is -0.371. The third-order valence-electron chi connectivity index (χ3n) is 3.96. The SMILES string of the molecule is CCc1cccc(CC)c1N(CC(=O)Nc1ccccc1)S(C)(=O)=O. The summed E-state index contributed by atoms with van der Waals surface area (Å²) in [4.78, 5) is 12.4. The van der Waals surface area contributed by atoms with E-state index in [4.69, 9.17) is 0 Å². The standard InChI is InChI=1S/C19H24N2O3S/c1-4-15-10-9-11-16(5-2)19(15)21(25(3,23)24)14-18(22)20-17-12-7-6-8-13-17/h6-13H,4-5,14H2,1-3H3,(H,20,22). The smallest absolute Gasteiger partial charge is 0.245 e. The number of rotatable bonds is 7. The van der Waals surface area contributed by atoms with E-state index in [0.717, 1.165) is 17.4 Å². The van der Waals surface area contributed by atoms with Crippen LogP contribution >= 0.6 is 0 Å². The van der Waals surface area contributed by atoms with E-state index in [0.29, 0.717) is 24.2 Å². The summed E-state index contributed by atoms with van der Waals surface area (Å²) in [6.45, 7) is 3.70. The van der Waals surface area contributed by atoms with Gasteiger partial charge in [-0.25, -0.2) is 8.42 Å². The number of carbonyl (C=O) groups is 1. The van der Waals surface area contributed by atoms with Crippen LogP contribution in [0.2, 0.25) is 0 Å². The molecule has 0 fully saturated rings. The topological polar surface area (TPSA) is 66.5 Å². The third kappa shape index (κ3) is 4.82. The largest absolute Gasteiger partial charge is 0.325 e. The molecule has 0 aliphatic heterocycles. The molecule has 0 aromatic heterocycles. The minimum Gasteiger partial charge on any atom is -0.325 e. The molecule has 5 nitrogen and oxygen atoms in total. The Morgan fingerprint density at radius 3 is 2.00 bits per heavy atom. The first-order valence-electron chi connectivity index (χ1n) is 8.30. The minimum atomic E-state index is -3.60. The highest BCUT2D eigenvalue weighted by molar-refractivity contribution is 7.92. The monoisotopic (exact) mass is 360 g/mol. The number of carbonyl (C=O) groups excluding carboxylic acids is 1. The molecule has 0 heterocycles. The van der Waals surface area contributed by atoms with Crippen molar-refractivity contribution in [3.8, 4) is 0 Å². The molecule has 1 amide bonds. The number of hydrogen-bond acceptors (Lipinski definition) is 3. The zero-order valence-corrected chi connectivity index (χ0v) is 15.6. The first-order chi connectivity index (χ1) is 11.9. The summed E-state index contributed by atoms with van der Waals surface area (Å²) in [5.41, 5.74) is 3.09. The van der Waals surface area contributed by atoms with E-state index in [9.17, 15) is 13.2 Å². The molecule has 0 atom stereocenters. The van der Waals surface area contributed by atoms with Crippen molar-refractivity contribution in [3.63, 3.8) is 0 Å². The van der Waals surface area contributed by atoms with Crippen molar-refractivity contribution >= 4 is 27.3 Å². The lowest BCUT2D eigenvalue weighted by Gasteiger charge is -2.26. The third-order valence-corrected chi connectivity index (χ3v) is 5.07. The van der Waals surface area contributed by atoms with Gasteiger partial charge in [-0.05, 0) is 36.1 Å². The highest BCUT2D eigenvalue weighted by atomic mass is 32.2. The second-order valence-corrected chi connectivity index (χ2v) is 7.72. The van der Waals surface area contributed by atoms with Crippen molar-refractivity contribution in [1.29, 1.82) is 0 Å². The van der Waals surface area contributed by atoms with Crippen molar-refractivity contribution < 1.29 is 13.2 Å². The molecule has 0 spiro atoms. The average molecular weight is 360 g/mol. The second kappa shape index (κ2) is 8.16. The van der Waals surface area contributed by atoms with Crippen LogP contribution in [0.4, 0.5) is 11.4 Å². The number of sulfonamides is 1. The molecule has 25 heavy (non-hydrogen) atoms. The van der Waals surface area contributed by atoms with Crippen LogP contribution in [0, 0.1) is 0 Å². The van der Waals surface area contributed by atoms with Gasteiger partial charge in [0.15, 0.2) is 0 Å². The van der Waals surface area contributed by atoms with E-state index in [-0.39, 0.29) is 12.5 Å². The molecule has 134 valence electrons. The van der Waals surface area contributed by atoms with Gasteiger partial charge >= 0.3 is 0 Å². The molecule has 1 N–H and O–H groups in total. The van der Waals surface area contributed by atoms with Gasteiger partial charge in [0, 0.05) is 5.69 Å². The van der Waals surface area contributed by atoms with Crippen molar-refractivity contribution in [2.45, 2.75) is 26.7 Å². The maximum atomic E-state index is 12.4. The van der Waals surface area contributed by atoms with Gasteiger partial charge in [0.1, 0.15) is 6.54 Å². The number of para-hydroxylation sites is 2. The normalized spacial score (nSPS) is 11.2. The van der Waals surface area contributed by atoms with Gasteiger partial charge < -0.3 is 5.32 Å². The zero-order valence-electron chi connectivity index (χ0n) is 14.8. The van der Waals surface area contributed by atoms with Crippen LogP contribution in [-0.4, -0.2) is 27.1 Å². The molecule has 6 heteroatoms. The summed E-state index contributed by atoms with van der Waals surface area (Å²) >= 11 is 0. The molecule has 0 bridgehead atoms. The summed E-state index contributed by atoms with van der Waals surface area (Å²) in [6, 6.07) is 14.7. The Kier molecular flexibility index (Phi) is 6.20. The van der Waals surface area contributed by atoms with Crippen molar-refractivity contribution in [2.24, 2.45) is 0 Å². The van der Waals surface area contributed by atoms with Crippen molar-refractivity contribution in [3.05, 3.63) is 59.7 Å². The van der Waals surface area contributed by atoms with Gasteiger partial charge in [0.2, 0.25) is 15.9 Å². The molecule has 2 aromatic carbocycles. The Morgan fingerprint density at radius 2 is 1.52 bits per heavy atom. The average Bonchev–Trinajstić information content (AvgIpc) is 2.59. The molecule has 0 saturated heterocycles. The molecule has 0 saturated carbocycles. The Morgan fingerprint density at radius 1 is 0.960 bits per heavy atom. The summed E-state index contributed by atoms with van der Waals surface area (Å²) < 4.78 is 26.0. The van der Waals surface area contributed by atoms with Crippen LogP contribution in [0.5, 0.6) is 0 Å². The lowest BCUT2D eigenvalue weighted by molar-refractivity contribution is -0.114. The number of benzene rings is 2. The number of anilines is 2. The number of nitrogens with one attached hydrogen (secondary N) is 1. The van der Waals surface area contributed by atoms with E-state index < -0.39 is 10.0 Å². The van der Waals surface area contributed by atoms with Gasteiger partial charge in [-0.2, -0.15) is 0 Å². The van der Waals surface area contributed by atoms with E-state index in [1.54, 1.807) is 12.1 Å². The number of hydrogen-bond donors (Lipinski definition) is 1. The Bertz CT molecular complexity index is 811. The van der Waals surface area contributed by atoms with E-state index >= 15 is 0 Å². The Labute approximate surface area is 149 Å². The molecule has 0 radical (unpaired) electrons. The Hall–Kier alpha value is -2.34. The van der Waals surface area contributed by atoms with Crippen LogP contribution in [0.1, 0.15) is 25.0 Å². The van der Waals surface area contributed by atoms with Crippen LogP contribution in [0.3, 0.4) is 0 Å². The maximum absolute atomic E-state index is 12.4. The minimum absolute atomic E-state index is 0.252. The molecular formula is C19H24N2O3S. The summed E-state index contributed by atoms with van der Waals surface area (Å²) in [5, 5.41) is 2.74. The second-order valence-electron chi connectivity index (χ2n) is 5.82. The van der Waals surface area contributed by atoms with E-state index in [1.807, 2.05) is 50.2 Å². The van der Waals surface area contributed by atoms with Crippen molar-refractivity contribution in [2.75, 3.05) is 22.4 Å². The van der Waals surface area contributed by atoms with Gasteiger partial charge in [0.05, 0.1) is 11.9 Å².